The maximum Gasteiger partial charge on any atom is 0.449 e. The minimum Gasteiger partial charge on any atom is -1.00 e. The van der Waals surface area contributed by atoms with Crippen molar-refractivity contribution >= 4 is 65.4 Å². The van der Waals surface area contributed by atoms with Gasteiger partial charge in [0, 0.05) is 112 Å². The number of imidazole rings is 1. The summed E-state index contributed by atoms with van der Waals surface area (Å²) in [5.74, 6) is -35.8. The van der Waals surface area contributed by atoms with E-state index in [0.717, 1.165) is 15.5 Å². The quantitative estimate of drug-likeness (QED) is 0.00887. The third kappa shape index (κ3) is 34.9. The van der Waals surface area contributed by atoms with Crippen molar-refractivity contribution in [2.24, 2.45) is 11.7 Å². The van der Waals surface area contributed by atoms with Gasteiger partial charge in [-0.2, -0.15) is 13.2 Å². The van der Waals surface area contributed by atoms with Crippen LogP contribution in [0, 0.1) is 111 Å². The van der Waals surface area contributed by atoms with Gasteiger partial charge in [-0.3, -0.25) is 38.4 Å². The Labute approximate surface area is 718 Å². The van der Waals surface area contributed by atoms with Gasteiger partial charge >= 0.3 is 54.1 Å². The van der Waals surface area contributed by atoms with Crippen LogP contribution in [0.2, 0.25) is 0 Å². The molecule has 0 saturated carbocycles. The number of halogens is 22. The number of nitrogens with zero attached hydrogens (tertiary/aromatic N) is 3. The molecule has 700 valence electrons. The number of Topliss-reactive ketones (excluding diaryl/α,β-unsaturated/α-hetero) is 2. The number of ketones is 2. The molecule has 1 saturated heterocycles. The largest absolute Gasteiger partial charge is 1.00 e. The average Bonchev–Trinajstić information content (AvgIpc) is 1.60. The number of carbonyl (C=O) groups is 11. The number of esters is 5. The Morgan fingerprint density at radius 2 is 0.914 bits per heavy atom. The standard InChI is InChI=1S/C18H16F6N4O3.C17H22F3NO4.C14H11F3O5.C12H12F3NO2.C12H11F3O3.C8H5F3O2.ClH/c19-10-6-12(21)11(20)4-8(10)3-9(25)5-14(29)27-1-2-28-13(7-27)15(16(30)31)26-17(28)18(22,23)24;1-5-24-15(22)8-11(21-16(23)25-17(2,3)4)6-10-7-13(19)14(20)9-12(10)18;1-14(2)21-12(19)11(13(20)22-14)10(18)4-6-3-8(16)9(17)5-7(6)15;2*1-2-18-12(17)5-8(16)3-7-4-10(14)11(15)6-9(7)13;9-5-3-7(11)6(10)1-4(5)2-8(12)13;/h4,6,9H,1-3,5,7,25H2,(H,30,31);7,9,11H,5-6,8H2,1-4H3,(H,21,23);3,5,11H,4H2,1-2H3;4-6H,2-3,16H2,1H3;4,6H,2-3,5H2,1H3;1,3H,2H2,(H,12,13);1H/b;;;8-5-;;;/t9-;11-;;;;;/m11...../s1. The van der Waals surface area contributed by atoms with Gasteiger partial charge in [0.1, 0.15) is 52.7 Å². The molecule has 9 rings (SSSR count). The van der Waals surface area contributed by atoms with Crippen molar-refractivity contribution < 1.29 is 202 Å². The van der Waals surface area contributed by atoms with Crippen molar-refractivity contribution in [2.75, 3.05) is 26.4 Å². The summed E-state index contributed by atoms with van der Waals surface area (Å²) in [7, 11) is 0. The van der Waals surface area contributed by atoms with Crippen LogP contribution < -0.4 is 29.2 Å². The lowest BCUT2D eigenvalue weighted by molar-refractivity contribution is -0.418. The summed E-state index contributed by atoms with van der Waals surface area (Å²) < 4.78 is 303. The number of aromatic carboxylic acids is 1. The number of nitrogens with two attached hydrogens (primary N) is 1. The third-order valence-electron chi connectivity index (χ3n) is 16.4. The molecule has 25 nitrogen and oxygen atoms in total. The van der Waals surface area contributed by atoms with Crippen LogP contribution in [0.15, 0.2) is 84.6 Å². The Morgan fingerprint density at radius 3 is 1.31 bits per heavy atom. The van der Waals surface area contributed by atoms with Gasteiger partial charge < -0.3 is 77.3 Å². The maximum absolute atomic E-state index is 13.8. The molecule has 1 fully saturated rings. The average molecular weight is 1870 g/mol. The number of hydrogen-bond acceptors (Lipinski definition) is 19. The molecule has 2 aliphatic rings. The first kappa shape index (κ1) is 109. The van der Waals surface area contributed by atoms with Crippen molar-refractivity contribution in [1.29, 1.82) is 0 Å². The van der Waals surface area contributed by atoms with Crippen molar-refractivity contribution in [2.45, 2.75) is 156 Å². The second-order valence-corrected chi connectivity index (χ2v) is 28.2. The number of fused-ring (bicyclic) bond motifs is 1. The van der Waals surface area contributed by atoms with Crippen molar-refractivity contribution in [3.8, 4) is 0 Å². The zero-order chi connectivity index (χ0) is 96.4. The molecule has 0 radical (unpaired) electrons. The van der Waals surface area contributed by atoms with Crippen LogP contribution in [-0.2, 0) is 129 Å². The number of hydrogen-bond donors (Lipinski definition) is 5. The summed E-state index contributed by atoms with van der Waals surface area (Å²) in [5, 5.41) is 19.9. The van der Waals surface area contributed by atoms with E-state index in [1.165, 1.54) is 13.8 Å². The number of carboxylic acid groups (broad SMARTS) is 2. The van der Waals surface area contributed by atoms with Gasteiger partial charge in [-0.1, -0.05) is 0 Å². The van der Waals surface area contributed by atoms with Crippen molar-refractivity contribution in [3.05, 3.63) is 240 Å². The number of amides is 2. The van der Waals surface area contributed by atoms with E-state index in [0.29, 0.717) is 66.7 Å². The molecule has 2 aliphatic heterocycles. The Morgan fingerprint density at radius 1 is 0.539 bits per heavy atom. The zero-order valence-electron chi connectivity index (χ0n) is 68.1. The van der Waals surface area contributed by atoms with Gasteiger partial charge in [-0.15, -0.1) is 0 Å². The van der Waals surface area contributed by atoms with E-state index in [9.17, 15) is 150 Å². The number of quaternary nitrogens is 1. The molecule has 47 heteroatoms. The van der Waals surface area contributed by atoms with Crippen LogP contribution in [0.3, 0.4) is 0 Å². The number of carbonyl (C=O) groups excluding carboxylic acids is 9. The van der Waals surface area contributed by atoms with Crippen LogP contribution in [0.1, 0.15) is 130 Å². The van der Waals surface area contributed by atoms with E-state index in [2.05, 4.69) is 25.5 Å². The van der Waals surface area contributed by atoms with E-state index in [1.807, 2.05) is 0 Å². The van der Waals surface area contributed by atoms with Gasteiger partial charge in [0.05, 0.1) is 57.4 Å². The van der Waals surface area contributed by atoms with Gasteiger partial charge in [0.15, 0.2) is 81.3 Å². The zero-order valence-corrected chi connectivity index (χ0v) is 68.9. The first-order valence-electron chi connectivity index (χ1n) is 36.8. The number of aliphatic carboxylic acids is 1. The predicted molar refractivity (Wildman–Crippen MR) is 393 cm³/mol. The molecule has 8 N–H and O–H groups in total. The summed E-state index contributed by atoms with van der Waals surface area (Å²) >= 11 is 0. The molecule has 2 atom stereocenters. The first-order valence-corrected chi connectivity index (χ1v) is 36.8. The number of cyclic esters (lactones) is 2. The summed E-state index contributed by atoms with van der Waals surface area (Å²) in [6.07, 6.45) is -8.31. The molecule has 0 aliphatic carbocycles. The molecule has 0 spiro atoms. The molecule has 2 amide bonds. The van der Waals surface area contributed by atoms with Crippen LogP contribution in [-0.4, -0.2) is 140 Å². The van der Waals surface area contributed by atoms with Crippen molar-refractivity contribution in [1.82, 2.24) is 19.8 Å². The normalized spacial score (nSPS) is 13.2. The van der Waals surface area contributed by atoms with E-state index in [4.69, 9.17) is 29.8 Å². The maximum atomic E-state index is 13.8. The van der Waals surface area contributed by atoms with E-state index in [-0.39, 0.29) is 123 Å². The number of allylic oxidation sites excluding steroid dienone is 1. The third-order valence-corrected chi connectivity index (χ3v) is 16.4. The van der Waals surface area contributed by atoms with Gasteiger partial charge in [0.25, 0.3) is 5.79 Å². The Kier molecular flexibility index (Phi) is 41.7. The Balaban J connectivity index is 0.000000403. The molecule has 1 aromatic heterocycles. The summed E-state index contributed by atoms with van der Waals surface area (Å²) in [6, 6.07) is 4.25. The lowest BCUT2D eigenvalue weighted by atomic mass is 9.96. The second kappa shape index (κ2) is 48.8. The predicted octanol–water partition coefficient (Wildman–Crippen LogP) is 9.72. The number of ether oxygens (including phenoxy) is 6. The minimum absolute atomic E-state index is 0. The highest BCUT2D eigenvalue weighted by molar-refractivity contribution is 6.16. The first-order chi connectivity index (χ1) is 58.9. The summed E-state index contributed by atoms with van der Waals surface area (Å²) in [6.45, 7) is 12.0. The monoisotopic (exact) mass is 1870 g/mol. The Hall–Kier alpha value is -12.8. The van der Waals surface area contributed by atoms with Gasteiger partial charge in [-0.05, 0) is 112 Å². The van der Waals surface area contributed by atoms with Crippen LogP contribution in [0.5, 0.6) is 0 Å². The summed E-state index contributed by atoms with van der Waals surface area (Å²) in [4.78, 5) is 131. The second-order valence-electron chi connectivity index (χ2n) is 28.2. The number of carboxylic acids is 2. The SMILES string of the molecule is CC1(C)OC(=O)C(C(=O)Cc2cc(F)c(F)cc2F)C(=O)O1.CCOC(=O)/C=C(\N)Cc1cc(F)c(F)cc1F.CCOC(=O)CC(=O)Cc1cc(F)c(F)cc1F.CCOC(=O)C[C@@H](Cc1cc(F)c(F)cc1F)NC(=O)OC(C)(C)C.O=C(O)Cc1cc(F)c(F)cc1F.[Cl-].[NH3+][C@@H](CC(=O)N1CCn2c(C(F)(F)F)nc(C(=O)O)c2C1)Cc1cc(F)c(F)cc1F. The topological polar surface area (TPSA) is 370 Å². The fraction of sp³-hybridized carbons (Fsp3) is 0.358. The summed E-state index contributed by atoms with van der Waals surface area (Å²) in [5.41, 5.74) is 5.73. The molecule has 128 heavy (non-hydrogen) atoms. The van der Waals surface area contributed by atoms with E-state index in [1.54, 1.807) is 41.5 Å². The highest BCUT2D eigenvalue weighted by Crippen LogP contribution is 2.34. The van der Waals surface area contributed by atoms with E-state index >= 15 is 0 Å². The number of benzene rings is 6. The van der Waals surface area contributed by atoms with Crippen LogP contribution >= 0.6 is 0 Å². The number of rotatable bonds is 25. The fourth-order valence-corrected chi connectivity index (χ4v) is 11.0. The molecular formula is C81H78ClF21N6O19. The molecular weight excluding hydrogens is 1800 g/mol. The highest BCUT2D eigenvalue weighted by atomic mass is 35.5. The van der Waals surface area contributed by atoms with Gasteiger partial charge in [0.2, 0.25) is 17.6 Å². The number of nitrogens with one attached hydrogen (secondary N) is 1. The Bertz CT molecular complexity index is 5250. The van der Waals surface area contributed by atoms with Gasteiger partial charge in [-0.25, -0.2) is 98.4 Å². The lowest BCUT2D eigenvalue weighted by Crippen LogP contribution is -3.00. The number of aromatic nitrogens is 2. The smallest absolute Gasteiger partial charge is 0.449 e. The molecule has 0 bridgehead atoms. The van der Waals surface area contributed by atoms with E-state index < -0.39 is 255 Å². The highest BCUT2D eigenvalue weighted by Gasteiger charge is 2.48. The minimum atomic E-state index is -4.86. The lowest BCUT2D eigenvalue weighted by Gasteiger charge is -2.32. The molecule has 6 aromatic carbocycles. The van der Waals surface area contributed by atoms with Crippen molar-refractivity contribution in [3.63, 3.8) is 0 Å². The molecule has 3 heterocycles. The number of alkyl halides is 3. The molecule has 7 aromatic rings. The van der Waals surface area contributed by atoms with Crippen LogP contribution in [0.25, 0.3) is 0 Å². The number of alkyl carbamates (subject to hydrolysis) is 1. The fourth-order valence-electron chi connectivity index (χ4n) is 11.0. The molecule has 0 unspecified atom stereocenters. The van der Waals surface area contributed by atoms with Crippen LogP contribution in [0.4, 0.5) is 97.0 Å².